The first-order chi connectivity index (χ1) is 9.22. The molecule has 1 saturated carbocycles. The van der Waals surface area contributed by atoms with Crippen LogP contribution in [0.2, 0.25) is 0 Å². The smallest absolute Gasteiger partial charge is 0.227 e. The van der Waals surface area contributed by atoms with Crippen molar-refractivity contribution in [2.45, 2.75) is 57.9 Å². The summed E-state index contributed by atoms with van der Waals surface area (Å²) in [5.41, 5.74) is 5.64. The van der Waals surface area contributed by atoms with Crippen molar-refractivity contribution >= 4 is 5.91 Å². The number of nitrogens with one attached hydrogen (secondary N) is 1. The van der Waals surface area contributed by atoms with Gasteiger partial charge < -0.3 is 11.1 Å². The molecule has 0 bridgehead atoms. The van der Waals surface area contributed by atoms with Crippen molar-refractivity contribution in [3.8, 4) is 0 Å². The fourth-order valence-electron chi connectivity index (χ4n) is 3.69. The Labute approximate surface area is 117 Å². The van der Waals surface area contributed by atoms with Crippen molar-refractivity contribution in [2.24, 2.45) is 11.1 Å². The first-order valence-corrected chi connectivity index (χ1v) is 7.94. The molecule has 1 saturated heterocycles. The maximum atomic E-state index is 12.5. The van der Waals surface area contributed by atoms with Crippen LogP contribution < -0.4 is 11.1 Å². The predicted octanol–water partition coefficient (Wildman–Crippen LogP) is 1.50. The first-order valence-electron chi connectivity index (χ1n) is 7.94. The predicted molar refractivity (Wildman–Crippen MR) is 77.9 cm³/mol. The number of hydrogen-bond donors (Lipinski definition) is 2. The molecular weight excluding hydrogens is 238 g/mol. The van der Waals surface area contributed by atoms with Gasteiger partial charge in [-0.3, -0.25) is 9.69 Å². The van der Waals surface area contributed by atoms with Gasteiger partial charge >= 0.3 is 0 Å². The van der Waals surface area contributed by atoms with Crippen LogP contribution in [0.15, 0.2) is 0 Å². The van der Waals surface area contributed by atoms with Crippen molar-refractivity contribution in [1.82, 2.24) is 10.2 Å². The van der Waals surface area contributed by atoms with E-state index in [0.717, 1.165) is 38.8 Å². The molecule has 2 aliphatic rings. The molecule has 1 heterocycles. The van der Waals surface area contributed by atoms with Crippen LogP contribution in [0, 0.1) is 5.41 Å². The second kappa shape index (κ2) is 6.71. The Hall–Kier alpha value is -0.610. The first kappa shape index (κ1) is 14.8. The summed E-state index contributed by atoms with van der Waals surface area (Å²) in [6.45, 7) is 5.76. The largest absolute Gasteiger partial charge is 0.354 e. The summed E-state index contributed by atoms with van der Waals surface area (Å²) in [6.07, 6.45) is 7.96. The van der Waals surface area contributed by atoms with Crippen molar-refractivity contribution in [3.05, 3.63) is 0 Å². The van der Waals surface area contributed by atoms with Gasteiger partial charge in [-0.2, -0.15) is 0 Å². The van der Waals surface area contributed by atoms with Crippen LogP contribution in [0.1, 0.15) is 51.9 Å². The van der Waals surface area contributed by atoms with Crippen LogP contribution in [0.5, 0.6) is 0 Å². The van der Waals surface area contributed by atoms with Gasteiger partial charge in [0.25, 0.3) is 0 Å². The lowest BCUT2D eigenvalue weighted by Gasteiger charge is -2.35. The molecule has 0 aromatic rings. The third-order valence-corrected chi connectivity index (χ3v) is 5.09. The molecule has 0 radical (unpaired) electrons. The summed E-state index contributed by atoms with van der Waals surface area (Å²) in [5, 5.41) is 3.19. The SMILES string of the molecule is CCN1CCCC1CNC(=O)C1(CN)CCCCC1. The molecule has 2 rings (SSSR count). The molecule has 110 valence electrons. The van der Waals surface area contributed by atoms with E-state index in [2.05, 4.69) is 17.1 Å². The Balaban J connectivity index is 1.85. The molecule has 0 spiro atoms. The van der Waals surface area contributed by atoms with Crippen molar-refractivity contribution < 1.29 is 4.79 Å². The number of carbonyl (C=O) groups excluding carboxylic acids is 1. The Morgan fingerprint density at radius 2 is 2.05 bits per heavy atom. The Kier molecular flexibility index (Phi) is 5.22. The van der Waals surface area contributed by atoms with Crippen LogP contribution in [0.25, 0.3) is 0 Å². The quantitative estimate of drug-likeness (QED) is 0.793. The number of nitrogens with two attached hydrogens (primary N) is 1. The molecule has 2 fully saturated rings. The lowest BCUT2D eigenvalue weighted by Crippen LogP contribution is -2.50. The van der Waals surface area contributed by atoms with Gasteiger partial charge in [-0.15, -0.1) is 0 Å². The number of amides is 1. The minimum absolute atomic E-state index is 0.206. The lowest BCUT2D eigenvalue weighted by atomic mass is 9.73. The average Bonchev–Trinajstić information content (AvgIpc) is 2.92. The van der Waals surface area contributed by atoms with E-state index < -0.39 is 0 Å². The molecule has 3 N–H and O–H groups in total. The fourth-order valence-corrected chi connectivity index (χ4v) is 3.69. The van der Waals surface area contributed by atoms with Gasteiger partial charge in [-0.1, -0.05) is 26.2 Å². The van der Waals surface area contributed by atoms with Gasteiger partial charge in [0.15, 0.2) is 0 Å². The van der Waals surface area contributed by atoms with E-state index in [-0.39, 0.29) is 11.3 Å². The van der Waals surface area contributed by atoms with E-state index in [1.165, 1.54) is 25.8 Å². The maximum absolute atomic E-state index is 12.5. The Morgan fingerprint density at radius 3 is 2.68 bits per heavy atom. The van der Waals surface area contributed by atoms with Crippen molar-refractivity contribution in [3.63, 3.8) is 0 Å². The van der Waals surface area contributed by atoms with Crippen LogP contribution in [0.4, 0.5) is 0 Å². The highest BCUT2D eigenvalue weighted by molar-refractivity contribution is 5.83. The van der Waals surface area contributed by atoms with E-state index in [1.54, 1.807) is 0 Å². The van der Waals surface area contributed by atoms with Gasteiger partial charge in [0.05, 0.1) is 5.41 Å². The molecule has 1 aliphatic heterocycles. The summed E-state index contributed by atoms with van der Waals surface area (Å²) >= 11 is 0. The van der Waals surface area contributed by atoms with Gasteiger partial charge in [0, 0.05) is 19.1 Å². The summed E-state index contributed by atoms with van der Waals surface area (Å²) in [7, 11) is 0. The van der Waals surface area contributed by atoms with E-state index in [0.29, 0.717) is 12.6 Å². The summed E-state index contributed by atoms with van der Waals surface area (Å²) in [6, 6.07) is 0.535. The van der Waals surface area contributed by atoms with E-state index in [1.807, 2.05) is 0 Å². The summed E-state index contributed by atoms with van der Waals surface area (Å²) in [4.78, 5) is 15.0. The van der Waals surface area contributed by atoms with Crippen LogP contribution in [-0.2, 0) is 4.79 Å². The highest BCUT2D eigenvalue weighted by atomic mass is 16.2. The number of likely N-dealkylation sites (N-methyl/N-ethyl adjacent to an activating group) is 1. The van der Waals surface area contributed by atoms with Crippen LogP contribution >= 0.6 is 0 Å². The van der Waals surface area contributed by atoms with Gasteiger partial charge in [0.1, 0.15) is 0 Å². The normalized spacial score (nSPS) is 27.4. The topological polar surface area (TPSA) is 58.4 Å². The zero-order chi connectivity index (χ0) is 13.7. The third-order valence-electron chi connectivity index (χ3n) is 5.09. The molecule has 0 aromatic heterocycles. The lowest BCUT2D eigenvalue weighted by molar-refractivity contribution is -0.132. The Bertz CT molecular complexity index is 300. The molecule has 4 nitrogen and oxygen atoms in total. The van der Waals surface area contributed by atoms with E-state index in [4.69, 9.17) is 5.73 Å². The van der Waals surface area contributed by atoms with Crippen LogP contribution in [0.3, 0.4) is 0 Å². The highest BCUT2D eigenvalue weighted by Gasteiger charge is 2.38. The molecule has 4 heteroatoms. The summed E-state index contributed by atoms with van der Waals surface area (Å²) < 4.78 is 0. The van der Waals surface area contributed by atoms with Gasteiger partial charge in [-0.25, -0.2) is 0 Å². The molecular formula is C15H29N3O. The van der Waals surface area contributed by atoms with E-state index in [9.17, 15) is 4.79 Å². The Morgan fingerprint density at radius 1 is 1.32 bits per heavy atom. The minimum Gasteiger partial charge on any atom is -0.354 e. The van der Waals surface area contributed by atoms with Gasteiger partial charge in [0.2, 0.25) is 5.91 Å². The molecule has 19 heavy (non-hydrogen) atoms. The number of likely N-dealkylation sites (tertiary alicyclic amines) is 1. The minimum atomic E-state index is -0.270. The maximum Gasteiger partial charge on any atom is 0.227 e. The molecule has 1 amide bonds. The van der Waals surface area contributed by atoms with Crippen LogP contribution in [-0.4, -0.2) is 43.0 Å². The second-order valence-electron chi connectivity index (χ2n) is 6.18. The number of hydrogen-bond acceptors (Lipinski definition) is 3. The zero-order valence-corrected chi connectivity index (χ0v) is 12.3. The number of nitrogens with zero attached hydrogens (tertiary/aromatic N) is 1. The van der Waals surface area contributed by atoms with Crippen molar-refractivity contribution in [2.75, 3.05) is 26.2 Å². The molecule has 1 aliphatic carbocycles. The monoisotopic (exact) mass is 267 g/mol. The zero-order valence-electron chi connectivity index (χ0n) is 12.3. The standard InChI is InChI=1S/C15H29N3O/c1-2-18-10-6-7-13(18)11-17-14(19)15(12-16)8-4-3-5-9-15/h13H,2-12,16H2,1H3,(H,17,19). The third kappa shape index (κ3) is 3.29. The highest BCUT2D eigenvalue weighted by Crippen LogP contribution is 2.35. The van der Waals surface area contributed by atoms with Gasteiger partial charge in [-0.05, 0) is 38.8 Å². The number of carbonyl (C=O) groups is 1. The second-order valence-corrected chi connectivity index (χ2v) is 6.18. The average molecular weight is 267 g/mol. The molecule has 0 aromatic carbocycles. The number of rotatable bonds is 5. The molecule has 1 unspecified atom stereocenters. The summed E-state index contributed by atoms with van der Waals surface area (Å²) in [5.74, 6) is 0.206. The fraction of sp³-hybridized carbons (Fsp3) is 0.933. The molecule has 1 atom stereocenters. The van der Waals surface area contributed by atoms with Crippen molar-refractivity contribution in [1.29, 1.82) is 0 Å². The van der Waals surface area contributed by atoms with E-state index >= 15 is 0 Å².